The number of benzene rings is 3. The van der Waals surface area contributed by atoms with Gasteiger partial charge in [0.2, 0.25) is 11.4 Å². The fourth-order valence-electron chi connectivity index (χ4n) is 6.03. The van der Waals surface area contributed by atoms with Crippen molar-refractivity contribution in [2.45, 2.75) is 106 Å². The van der Waals surface area contributed by atoms with E-state index in [-0.39, 0.29) is 18.4 Å². The lowest BCUT2D eigenvalue weighted by molar-refractivity contribution is 0.308. The summed E-state index contributed by atoms with van der Waals surface area (Å²) in [4.78, 5) is 4.68. The van der Waals surface area contributed by atoms with Gasteiger partial charge in [-0.1, -0.05) is 58.9 Å². The molecule has 0 heterocycles. The Balaban J connectivity index is 0.00000179. The Morgan fingerprint density at radius 2 is 0.879 bits per heavy atom. The molecule has 0 saturated heterocycles. The van der Waals surface area contributed by atoms with Crippen LogP contribution < -0.4 is 10.9 Å². The summed E-state index contributed by atoms with van der Waals surface area (Å²) >= 11 is 0. The van der Waals surface area contributed by atoms with E-state index in [4.69, 9.17) is 6.57 Å². The van der Waals surface area contributed by atoms with E-state index in [0.29, 0.717) is 6.42 Å². The molecule has 0 spiro atoms. The maximum atomic E-state index is 16.0. The standard InChI is InChI=1S/C34H28B2F15N.C5H9N/c1-7-9-10-12-35(52(13(3)4)14(5)6)15(11-8-2)17(16-20(37)26(43)32(49)27(44)21(16)38)36(18-22(39)28(45)33(50)29(46)23(18)40)19-24(41)30(47)34(51)31(48)25(19)42;1-5(2,3)6-4/h13-14H,7-9,11H2,1-6H3;1-3H3/b17-15+;. The lowest BCUT2D eigenvalue weighted by Gasteiger charge is -2.37. The summed E-state index contributed by atoms with van der Waals surface area (Å²) in [6.07, 6.45) is -0.461. The minimum atomic E-state index is -3.68. The molecule has 0 bridgehead atoms. The second-order valence-corrected chi connectivity index (χ2v) is 14.4. The zero-order valence-electron chi connectivity index (χ0n) is 32.7. The molecule has 0 unspecified atom stereocenters. The highest BCUT2D eigenvalue weighted by molar-refractivity contribution is 7.01. The van der Waals surface area contributed by atoms with Gasteiger partial charge in [-0.25, -0.2) is 72.4 Å². The number of nitrogens with zero attached hydrogens (tertiary/aromatic N) is 2. The monoisotopic (exact) mass is 840 g/mol. The van der Waals surface area contributed by atoms with Gasteiger partial charge in [0.1, 0.15) is 0 Å². The van der Waals surface area contributed by atoms with Gasteiger partial charge in [0.25, 0.3) is 6.71 Å². The molecule has 2 nitrogen and oxygen atoms in total. The van der Waals surface area contributed by atoms with Crippen molar-refractivity contribution in [3.8, 4) is 11.7 Å². The van der Waals surface area contributed by atoms with Gasteiger partial charge in [0.15, 0.2) is 81.4 Å². The van der Waals surface area contributed by atoms with Crippen molar-refractivity contribution in [2.24, 2.45) is 0 Å². The summed E-state index contributed by atoms with van der Waals surface area (Å²) in [5.41, 5.74) is -9.79. The van der Waals surface area contributed by atoms with Crippen LogP contribution in [-0.2, 0) is 0 Å². The van der Waals surface area contributed by atoms with E-state index < -0.39 is 147 Å². The van der Waals surface area contributed by atoms with Gasteiger partial charge < -0.3 is 9.66 Å². The van der Waals surface area contributed by atoms with Gasteiger partial charge in [-0.2, -0.15) is 0 Å². The Morgan fingerprint density at radius 1 is 0.569 bits per heavy atom. The van der Waals surface area contributed by atoms with Crippen LogP contribution in [0, 0.1) is 106 Å². The number of hydrogen-bond donors (Lipinski definition) is 0. The first-order valence-corrected chi connectivity index (χ1v) is 17.7. The Labute approximate surface area is 327 Å². The maximum absolute atomic E-state index is 16.0. The topological polar surface area (TPSA) is 7.60 Å². The van der Waals surface area contributed by atoms with E-state index in [1.54, 1.807) is 6.92 Å². The van der Waals surface area contributed by atoms with Crippen LogP contribution in [0.1, 0.15) is 93.6 Å². The molecule has 0 aliphatic heterocycles. The fourth-order valence-corrected chi connectivity index (χ4v) is 6.03. The summed E-state index contributed by atoms with van der Waals surface area (Å²) in [5.74, 6) is -37.6. The summed E-state index contributed by atoms with van der Waals surface area (Å²) in [7, 11) is 0. The molecule has 0 aromatic heterocycles. The Morgan fingerprint density at radius 3 is 1.16 bits per heavy atom. The highest BCUT2D eigenvalue weighted by atomic mass is 19.2. The van der Waals surface area contributed by atoms with E-state index in [2.05, 4.69) is 16.6 Å². The van der Waals surface area contributed by atoms with Gasteiger partial charge in [-0.05, 0) is 24.9 Å². The second-order valence-electron chi connectivity index (χ2n) is 14.4. The third kappa shape index (κ3) is 10.0. The Bertz CT molecular complexity index is 2000. The molecule has 19 heteroatoms. The zero-order chi connectivity index (χ0) is 44.9. The number of allylic oxidation sites excluding steroid dienone is 1. The van der Waals surface area contributed by atoms with Crippen LogP contribution in [0.15, 0.2) is 5.47 Å². The maximum Gasteiger partial charge on any atom is 0.341 e. The molecule has 3 aromatic carbocycles. The van der Waals surface area contributed by atoms with Crippen molar-refractivity contribution < 1.29 is 65.9 Å². The molecular formula is C39H37B2F15N2. The molecule has 58 heavy (non-hydrogen) atoms. The third-order valence-corrected chi connectivity index (χ3v) is 8.47. The van der Waals surface area contributed by atoms with Gasteiger partial charge in [-0.15, -0.1) is 11.7 Å². The van der Waals surface area contributed by atoms with E-state index in [0.717, 1.165) is 0 Å². The SMILES string of the molecule is CCCC#CB(/C(CCC)=C(/B(c1c(F)c(F)c(F)c(F)c1F)c1c(F)c(F)c(F)c(F)c1F)c1c(F)c(F)c(F)c(F)c1F)N(C(C)C)C(C)C.[C-]#[N+]C(C)(C)C. The van der Waals surface area contributed by atoms with Gasteiger partial charge >= 0.3 is 6.85 Å². The molecule has 3 rings (SSSR count). The minimum Gasteiger partial charge on any atom is -0.323 e. The quantitative estimate of drug-likeness (QED) is 0.0466. The van der Waals surface area contributed by atoms with Crippen LogP contribution in [0.25, 0.3) is 10.3 Å². The molecule has 0 aliphatic carbocycles. The van der Waals surface area contributed by atoms with Crippen LogP contribution in [0.5, 0.6) is 0 Å². The van der Waals surface area contributed by atoms with Crippen LogP contribution in [0.3, 0.4) is 0 Å². The first-order chi connectivity index (χ1) is 26.8. The number of rotatable bonds is 11. The first kappa shape index (κ1) is 49.6. The number of halogens is 15. The average molecular weight is 840 g/mol. The number of unbranched alkanes of at least 4 members (excludes halogenated alkanes) is 1. The van der Waals surface area contributed by atoms with E-state index in [9.17, 15) is 30.7 Å². The zero-order valence-corrected chi connectivity index (χ0v) is 32.7. The average Bonchev–Trinajstić information content (AvgIpc) is 3.16. The van der Waals surface area contributed by atoms with Crippen molar-refractivity contribution in [3.05, 3.63) is 110 Å². The molecule has 0 fully saturated rings. The van der Waals surface area contributed by atoms with Crippen molar-refractivity contribution >= 4 is 30.0 Å². The lowest BCUT2D eigenvalue weighted by Crippen LogP contribution is -2.55. The highest BCUT2D eigenvalue weighted by Gasteiger charge is 2.47. The van der Waals surface area contributed by atoms with Crippen molar-refractivity contribution in [1.82, 2.24) is 4.81 Å². The summed E-state index contributed by atoms with van der Waals surface area (Å²) in [6.45, 7) is 15.9. The molecule has 0 N–H and O–H groups in total. The molecule has 314 valence electrons. The van der Waals surface area contributed by atoms with E-state index in [1.807, 2.05) is 20.8 Å². The van der Waals surface area contributed by atoms with Gasteiger partial charge in [-0.3, -0.25) is 0 Å². The molecule has 0 aliphatic rings. The van der Waals surface area contributed by atoms with Crippen LogP contribution in [-0.4, -0.2) is 36.0 Å². The summed E-state index contributed by atoms with van der Waals surface area (Å²) in [6, 6.07) is -1.38. The Kier molecular flexibility index (Phi) is 17.1. The van der Waals surface area contributed by atoms with Crippen LogP contribution in [0.4, 0.5) is 65.9 Å². The smallest absolute Gasteiger partial charge is 0.323 e. The van der Waals surface area contributed by atoms with E-state index >= 15 is 35.1 Å². The molecule has 0 saturated carbocycles. The largest absolute Gasteiger partial charge is 0.341 e. The van der Waals surface area contributed by atoms with Crippen molar-refractivity contribution in [3.63, 3.8) is 0 Å². The van der Waals surface area contributed by atoms with Crippen molar-refractivity contribution in [2.75, 3.05) is 0 Å². The third-order valence-electron chi connectivity index (χ3n) is 8.47. The van der Waals surface area contributed by atoms with Crippen LogP contribution >= 0.6 is 0 Å². The van der Waals surface area contributed by atoms with Gasteiger partial charge in [0, 0.05) is 43.7 Å². The molecule has 0 atom stereocenters. The fraction of sp³-hybridized carbons (Fsp3) is 0.410. The molecular weight excluding hydrogens is 803 g/mol. The first-order valence-electron chi connectivity index (χ1n) is 17.7. The molecule has 0 radical (unpaired) electrons. The lowest BCUT2D eigenvalue weighted by atomic mass is 9.31. The highest BCUT2D eigenvalue weighted by Crippen LogP contribution is 2.37. The number of hydrogen-bond acceptors (Lipinski definition) is 1. The van der Waals surface area contributed by atoms with E-state index in [1.165, 1.54) is 39.4 Å². The molecule has 0 amide bonds. The normalized spacial score (nSPS) is 12.0. The Hall–Kier alpha value is -4.51. The molecule has 3 aromatic rings. The van der Waals surface area contributed by atoms with Crippen LogP contribution in [0.2, 0.25) is 0 Å². The minimum absolute atomic E-state index is 0.0799. The van der Waals surface area contributed by atoms with Crippen molar-refractivity contribution in [1.29, 1.82) is 0 Å². The predicted molar refractivity (Wildman–Crippen MR) is 192 cm³/mol. The van der Waals surface area contributed by atoms with Gasteiger partial charge in [0.05, 0.1) is 0 Å². The summed E-state index contributed by atoms with van der Waals surface area (Å²) in [5, 5.41) is 0. The summed E-state index contributed by atoms with van der Waals surface area (Å²) < 4.78 is 228. The predicted octanol–water partition coefficient (Wildman–Crippen LogP) is 10.9. The second kappa shape index (κ2) is 20.0.